The lowest BCUT2D eigenvalue weighted by Gasteiger charge is -2.13. The Morgan fingerprint density at radius 2 is 1.93 bits per heavy atom. The maximum absolute atomic E-state index is 13.2. The van der Waals surface area contributed by atoms with Crippen LogP contribution in [0, 0.1) is 5.82 Å². The average Bonchev–Trinajstić information content (AvgIpc) is 3.18. The summed E-state index contributed by atoms with van der Waals surface area (Å²) in [6.45, 7) is 1.94. The zero-order valence-corrected chi connectivity index (χ0v) is 17.2. The molecule has 2 N–H and O–H groups in total. The molecule has 0 aliphatic rings. The molecular formula is C20H19FN4O2S2. The van der Waals surface area contributed by atoms with Gasteiger partial charge in [-0.15, -0.1) is 22.0 Å². The Morgan fingerprint density at radius 3 is 2.69 bits per heavy atom. The fraction of sp³-hybridized carbons (Fsp3) is 0.200. The van der Waals surface area contributed by atoms with Crippen LogP contribution in [0.3, 0.4) is 0 Å². The Bertz CT molecular complexity index is 981. The molecule has 9 heteroatoms. The van der Waals surface area contributed by atoms with E-state index in [2.05, 4.69) is 20.8 Å². The number of anilines is 1. The summed E-state index contributed by atoms with van der Waals surface area (Å²) in [7, 11) is 0. The van der Waals surface area contributed by atoms with Crippen LogP contribution in [0.25, 0.3) is 0 Å². The third-order valence-electron chi connectivity index (χ3n) is 3.88. The molecule has 1 heterocycles. The minimum absolute atomic E-state index is 0.0658. The molecular weight excluding hydrogens is 411 g/mol. The number of carbonyl (C=O) groups excluding carboxylic acids is 2. The molecule has 0 saturated heterocycles. The van der Waals surface area contributed by atoms with Gasteiger partial charge in [-0.05, 0) is 30.7 Å². The minimum Gasteiger partial charge on any atom is -0.349 e. The largest absolute Gasteiger partial charge is 0.349 e. The van der Waals surface area contributed by atoms with Crippen molar-refractivity contribution in [3.63, 3.8) is 0 Å². The first-order chi connectivity index (χ1) is 14.0. The third kappa shape index (κ3) is 6.37. The van der Waals surface area contributed by atoms with E-state index >= 15 is 0 Å². The Kier molecular flexibility index (Phi) is 7.31. The fourth-order valence-corrected chi connectivity index (χ4v) is 4.11. The van der Waals surface area contributed by atoms with E-state index in [0.717, 1.165) is 16.9 Å². The van der Waals surface area contributed by atoms with Crippen LogP contribution < -0.4 is 10.6 Å². The highest BCUT2D eigenvalue weighted by molar-refractivity contribution is 7.99. The molecule has 0 aliphatic heterocycles. The SMILES string of the molecule is C[C@@H](NC(=O)CSCc1nnc(C(=O)Nc2cccc(F)c2)s1)c1ccccc1. The quantitative estimate of drug-likeness (QED) is 0.564. The number of aromatic nitrogens is 2. The van der Waals surface area contributed by atoms with Crippen LogP contribution in [0.15, 0.2) is 54.6 Å². The van der Waals surface area contributed by atoms with Crippen LogP contribution in [-0.4, -0.2) is 27.8 Å². The number of benzene rings is 2. The zero-order chi connectivity index (χ0) is 20.6. The summed E-state index contributed by atoms with van der Waals surface area (Å²) < 4.78 is 13.2. The Balaban J connectivity index is 1.44. The maximum Gasteiger partial charge on any atom is 0.286 e. The van der Waals surface area contributed by atoms with E-state index < -0.39 is 11.7 Å². The lowest BCUT2D eigenvalue weighted by molar-refractivity contribution is -0.119. The smallest absolute Gasteiger partial charge is 0.286 e. The lowest BCUT2D eigenvalue weighted by Crippen LogP contribution is -2.28. The van der Waals surface area contributed by atoms with E-state index in [1.54, 1.807) is 6.07 Å². The maximum atomic E-state index is 13.2. The molecule has 2 amide bonds. The van der Waals surface area contributed by atoms with Crippen molar-refractivity contribution in [3.05, 3.63) is 76.0 Å². The van der Waals surface area contributed by atoms with Gasteiger partial charge in [0, 0.05) is 11.4 Å². The topological polar surface area (TPSA) is 84.0 Å². The third-order valence-corrected chi connectivity index (χ3v) is 5.93. The van der Waals surface area contributed by atoms with Gasteiger partial charge in [-0.3, -0.25) is 9.59 Å². The molecule has 0 radical (unpaired) electrons. The van der Waals surface area contributed by atoms with Gasteiger partial charge in [0.05, 0.1) is 11.8 Å². The van der Waals surface area contributed by atoms with E-state index in [-0.39, 0.29) is 22.7 Å². The first kappa shape index (κ1) is 20.9. The highest BCUT2D eigenvalue weighted by Gasteiger charge is 2.14. The van der Waals surface area contributed by atoms with Gasteiger partial charge >= 0.3 is 0 Å². The molecule has 150 valence electrons. The second kappa shape index (κ2) is 10.1. The Labute approximate surface area is 175 Å². The molecule has 0 unspecified atom stereocenters. The molecule has 0 spiro atoms. The second-order valence-corrected chi connectivity index (χ2v) is 8.21. The summed E-state index contributed by atoms with van der Waals surface area (Å²) in [5.74, 6) is -0.199. The monoisotopic (exact) mass is 430 g/mol. The van der Waals surface area contributed by atoms with Gasteiger partial charge in [0.1, 0.15) is 10.8 Å². The standard InChI is InChI=1S/C20H19FN4O2S2/c1-13(14-6-3-2-4-7-14)22-17(26)11-28-12-18-24-25-20(29-18)19(27)23-16-9-5-8-15(21)10-16/h2-10,13H,11-12H2,1H3,(H,22,26)(H,23,27)/t13-/m1/s1. The number of amides is 2. The molecule has 29 heavy (non-hydrogen) atoms. The molecule has 6 nitrogen and oxygen atoms in total. The van der Waals surface area contributed by atoms with Gasteiger partial charge in [0.2, 0.25) is 10.9 Å². The highest BCUT2D eigenvalue weighted by Crippen LogP contribution is 2.19. The van der Waals surface area contributed by atoms with Crippen molar-refractivity contribution in [1.29, 1.82) is 0 Å². The number of nitrogens with one attached hydrogen (secondary N) is 2. The molecule has 0 fully saturated rings. The molecule has 3 rings (SSSR count). The van der Waals surface area contributed by atoms with Crippen molar-refractivity contribution in [2.75, 3.05) is 11.1 Å². The Hall–Kier alpha value is -2.78. The van der Waals surface area contributed by atoms with Gasteiger partial charge in [0.25, 0.3) is 5.91 Å². The normalized spacial score (nSPS) is 11.7. The van der Waals surface area contributed by atoms with Crippen molar-refractivity contribution in [3.8, 4) is 0 Å². The Morgan fingerprint density at radius 1 is 1.14 bits per heavy atom. The average molecular weight is 431 g/mol. The van der Waals surface area contributed by atoms with E-state index in [4.69, 9.17) is 0 Å². The number of carbonyl (C=O) groups is 2. The summed E-state index contributed by atoms with van der Waals surface area (Å²) in [5, 5.41) is 14.2. The van der Waals surface area contributed by atoms with Crippen LogP contribution in [0.5, 0.6) is 0 Å². The number of nitrogens with zero attached hydrogens (tertiary/aromatic N) is 2. The van der Waals surface area contributed by atoms with E-state index in [1.165, 1.54) is 30.0 Å². The fourth-order valence-electron chi connectivity index (χ4n) is 2.49. The number of rotatable bonds is 8. The summed E-state index contributed by atoms with van der Waals surface area (Å²) >= 11 is 2.54. The summed E-state index contributed by atoms with van der Waals surface area (Å²) in [4.78, 5) is 24.3. The van der Waals surface area contributed by atoms with Crippen LogP contribution in [0.4, 0.5) is 10.1 Å². The van der Waals surface area contributed by atoms with Crippen molar-refractivity contribution >= 4 is 40.6 Å². The van der Waals surface area contributed by atoms with Gasteiger partial charge in [-0.2, -0.15) is 0 Å². The second-order valence-electron chi connectivity index (χ2n) is 6.16. The van der Waals surface area contributed by atoms with E-state index in [1.807, 2.05) is 37.3 Å². The van der Waals surface area contributed by atoms with Crippen LogP contribution >= 0.6 is 23.1 Å². The van der Waals surface area contributed by atoms with E-state index in [0.29, 0.717) is 16.4 Å². The number of hydrogen-bond acceptors (Lipinski definition) is 6. The first-order valence-corrected chi connectivity index (χ1v) is 10.8. The molecule has 0 saturated carbocycles. The molecule has 0 bridgehead atoms. The number of hydrogen-bond donors (Lipinski definition) is 2. The van der Waals surface area contributed by atoms with Gasteiger partial charge in [-0.1, -0.05) is 47.7 Å². The predicted octanol–water partition coefficient (Wildman–Crippen LogP) is 4.04. The van der Waals surface area contributed by atoms with Crippen molar-refractivity contribution in [2.45, 2.75) is 18.7 Å². The van der Waals surface area contributed by atoms with Crippen molar-refractivity contribution in [1.82, 2.24) is 15.5 Å². The van der Waals surface area contributed by atoms with Crippen LogP contribution in [0.2, 0.25) is 0 Å². The molecule has 0 aliphatic carbocycles. The van der Waals surface area contributed by atoms with Crippen molar-refractivity contribution < 1.29 is 14.0 Å². The molecule has 3 aromatic rings. The first-order valence-electron chi connectivity index (χ1n) is 8.82. The van der Waals surface area contributed by atoms with Crippen molar-refractivity contribution in [2.24, 2.45) is 0 Å². The summed E-state index contributed by atoms with van der Waals surface area (Å²) in [6.07, 6.45) is 0. The van der Waals surface area contributed by atoms with Gasteiger partial charge < -0.3 is 10.6 Å². The summed E-state index contributed by atoms with van der Waals surface area (Å²) in [6, 6.07) is 15.3. The highest BCUT2D eigenvalue weighted by atomic mass is 32.2. The number of thioether (sulfide) groups is 1. The van der Waals surface area contributed by atoms with Gasteiger partial charge in [-0.25, -0.2) is 4.39 Å². The van der Waals surface area contributed by atoms with Crippen LogP contribution in [-0.2, 0) is 10.5 Å². The van der Waals surface area contributed by atoms with Crippen LogP contribution in [0.1, 0.15) is 33.3 Å². The molecule has 2 aromatic carbocycles. The molecule has 1 aromatic heterocycles. The molecule has 1 atom stereocenters. The minimum atomic E-state index is -0.446. The lowest BCUT2D eigenvalue weighted by atomic mass is 10.1. The number of halogens is 1. The predicted molar refractivity (Wildman–Crippen MR) is 113 cm³/mol. The van der Waals surface area contributed by atoms with Gasteiger partial charge in [0.15, 0.2) is 0 Å². The zero-order valence-electron chi connectivity index (χ0n) is 15.6. The van der Waals surface area contributed by atoms with E-state index in [9.17, 15) is 14.0 Å². The summed E-state index contributed by atoms with van der Waals surface area (Å²) in [5.41, 5.74) is 1.40.